The van der Waals surface area contributed by atoms with E-state index in [4.69, 9.17) is 10.00 Å². The number of sulfonamides is 1. The van der Waals surface area contributed by atoms with Gasteiger partial charge in [-0.25, -0.2) is 8.42 Å². The Bertz CT molecular complexity index is 666. The fourth-order valence-electron chi connectivity index (χ4n) is 1.68. The first-order valence-corrected chi connectivity index (χ1v) is 7.58. The van der Waals surface area contributed by atoms with Crippen molar-refractivity contribution in [2.24, 2.45) is 0 Å². The zero-order chi connectivity index (χ0) is 16.0. The fraction of sp³-hybridized carbons (Fsp3) is 0.417. The number of ether oxygens (including phenoxy) is 1. The summed E-state index contributed by atoms with van der Waals surface area (Å²) in [5.74, 6) is 0.172. The van der Waals surface area contributed by atoms with Crippen LogP contribution in [0.15, 0.2) is 23.1 Å². The summed E-state index contributed by atoms with van der Waals surface area (Å²) in [5.41, 5.74) is -0.602. The lowest BCUT2D eigenvalue weighted by atomic mass is 10.2. The van der Waals surface area contributed by atoms with E-state index in [0.29, 0.717) is 12.8 Å². The number of methoxy groups -OCH3 is 1. The maximum absolute atomic E-state index is 12.2. The summed E-state index contributed by atoms with van der Waals surface area (Å²) in [6, 6.07) is 4.30. The molecule has 0 saturated carbocycles. The molecule has 1 rings (SSSR count). The van der Waals surface area contributed by atoms with Crippen LogP contribution in [0.3, 0.4) is 0 Å². The van der Waals surface area contributed by atoms with Crippen LogP contribution in [0.5, 0.6) is 5.75 Å². The van der Waals surface area contributed by atoms with Gasteiger partial charge in [-0.1, -0.05) is 13.3 Å². The molecule has 0 fully saturated rings. The van der Waals surface area contributed by atoms with Gasteiger partial charge >= 0.3 is 0 Å². The molecular weight excluding hydrogens is 298 g/mol. The van der Waals surface area contributed by atoms with Gasteiger partial charge in [0, 0.05) is 0 Å². The van der Waals surface area contributed by atoms with Crippen molar-refractivity contribution in [2.45, 2.75) is 30.7 Å². The Hall–Kier alpha value is -2.18. The summed E-state index contributed by atoms with van der Waals surface area (Å²) >= 11 is 0. The molecule has 21 heavy (non-hydrogen) atoms. The predicted octanol–water partition coefficient (Wildman–Crippen LogP) is 1.57. The molecule has 1 aromatic carbocycles. The van der Waals surface area contributed by atoms with E-state index in [-0.39, 0.29) is 5.75 Å². The SMILES string of the molecule is CCCC(C#N)NS(=O)(=O)c1ccc(OC)cc1[N+](=O)[O-]. The number of nitriles is 1. The largest absolute Gasteiger partial charge is 0.497 e. The number of benzene rings is 1. The van der Waals surface area contributed by atoms with Crippen LogP contribution in [0.2, 0.25) is 0 Å². The molecule has 1 aromatic rings. The van der Waals surface area contributed by atoms with Crippen LogP contribution in [0, 0.1) is 21.4 Å². The summed E-state index contributed by atoms with van der Waals surface area (Å²) in [5, 5.41) is 19.9. The highest BCUT2D eigenvalue weighted by Gasteiger charge is 2.28. The second kappa shape index (κ2) is 7.01. The molecule has 0 aromatic heterocycles. The standard InChI is InChI=1S/C12H15N3O5S/c1-3-4-9(8-13)14-21(18,19)12-6-5-10(20-2)7-11(12)15(16)17/h5-7,9,14H,3-4H2,1-2H3. The average Bonchev–Trinajstić information content (AvgIpc) is 2.45. The lowest BCUT2D eigenvalue weighted by Gasteiger charge is -2.11. The van der Waals surface area contributed by atoms with E-state index in [2.05, 4.69) is 4.72 Å². The summed E-state index contributed by atoms with van der Waals surface area (Å²) in [6.07, 6.45) is 0.922. The number of nitro groups is 1. The zero-order valence-corrected chi connectivity index (χ0v) is 12.4. The minimum Gasteiger partial charge on any atom is -0.497 e. The Balaban J connectivity index is 3.25. The van der Waals surface area contributed by atoms with Crippen molar-refractivity contribution in [1.29, 1.82) is 5.26 Å². The Labute approximate surface area is 122 Å². The molecule has 9 heteroatoms. The van der Waals surface area contributed by atoms with Crippen molar-refractivity contribution in [3.8, 4) is 11.8 Å². The molecule has 0 amide bonds. The molecule has 1 unspecified atom stereocenters. The molecule has 0 spiro atoms. The Morgan fingerprint density at radius 3 is 2.67 bits per heavy atom. The summed E-state index contributed by atoms with van der Waals surface area (Å²) in [4.78, 5) is 9.71. The number of nitrogens with zero attached hydrogens (tertiary/aromatic N) is 2. The minimum absolute atomic E-state index is 0.172. The van der Waals surface area contributed by atoms with E-state index in [1.807, 2.05) is 6.07 Å². The van der Waals surface area contributed by atoms with Crippen LogP contribution in [0.1, 0.15) is 19.8 Å². The summed E-state index contributed by atoms with van der Waals surface area (Å²) in [6.45, 7) is 1.80. The highest BCUT2D eigenvalue weighted by molar-refractivity contribution is 7.89. The lowest BCUT2D eigenvalue weighted by molar-refractivity contribution is -0.387. The molecule has 1 atom stereocenters. The molecule has 0 aliphatic heterocycles. The van der Waals surface area contributed by atoms with E-state index >= 15 is 0 Å². The predicted molar refractivity (Wildman–Crippen MR) is 74.3 cm³/mol. The van der Waals surface area contributed by atoms with E-state index in [1.165, 1.54) is 13.2 Å². The van der Waals surface area contributed by atoms with Crippen LogP contribution < -0.4 is 9.46 Å². The first-order valence-electron chi connectivity index (χ1n) is 6.10. The number of hydrogen-bond donors (Lipinski definition) is 1. The van der Waals surface area contributed by atoms with Crippen molar-refractivity contribution in [3.05, 3.63) is 28.3 Å². The lowest BCUT2D eigenvalue weighted by Crippen LogP contribution is -2.34. The average molecular weight is 313 g/mol. The van der Waals surface area contributed by atoms with Crippen molar-refractivity contribution in [3.63, 3.8) is 0 Å². The summed E-state index contributed by atoms with van der Waals surface area (Å²) < 4.78 is 31.4. The topological polar surface area (TPSA) is 122 Å². The van der Waals surface area contributed by atoms with Crippen LogP contribution >= 0.6 is 0 Å². The van der Waals surface area contributed by atoms with Gasteiger partial charge in [0.1, 0.15) is 11.8 Å². The van der Waals surface area contributed by atoms with Crippen LogP contribution in [-0.4, -0.2) is 26.5 Å². The fourth-order valence-corrected chi connectivity index (χ4v) is 3.01. The Kier molecular flexibility index (Phi) is 5.63. The smallest absolute Gasteiger partial charge is 0.293 e. The van der Waals surface area contributed by atoms with Gasteiger partial charge in [0.25, 0.3) is 5.69 Å². The Morgan fingerprint density at radius 2 is 2.19 bits per heavy atom. The molecule has 0 bridgehead atoms. The van der Waals surface area contributed by atoms with E-state index in [0.717, 1.165) is 12.1 Å². The molecule has 0 aliphatic rings. The van der Waals surface area contributed by atoms with Gasteiger partial charge < -0.3 is 4.74 Å². The summed E-state index contributed by atoms with van der Waals surface area (Å²) in [7, 11) is -2.85. The molecule has 0 heterocycles. The number of rotatable bonds is 7. The quantitative estimate of drug-likeness (QED) is 0.602. The van der Waals surface area contributed by atoms with E-state index in [1.54, 1.807) is 6.92 Å². The van der Waals surface area contributed by atoms with Gasteiger partial charge in [0.05, 0.1) is 24.2 Å². The van der Waals surface area contributed by atoms with Crippen LogP contribution in [0.4, 0.5) is 5.69 Å². The minimum atomic E-state index is -4.16. The first-order chi connectivity index (χ1) is 9.85. The normalized spacial score (nSPS) is 12.4. The maximum Gasteiger partial charge on any atom is 0.293 e. The van der Waals surface area contributed by atoms with E-state index < -0.39 is 31.6 Å². The monoisotopic (exact) mass is 313 g/mol. The maximum atomic E-state index is 12.2. The van der Waals surface area contributed by atoms with Crippen LogP contribution in [0.25, 0.3) is 0 Å². The van der Waals surface area contributed by atoms with Gasteiger partial charge in [-0.3, -0.25) is 10.1 Å². The molecule has 114 valence electrons. The number of nitro benzene ring substituents is 1. The van der Waals surface area contributed by atoms with Gasteiger partial charge in [-0.2, -0.15) is 9.98 Å². The van der Waals surface area contributed by atoms with Gasteiger partial charge in [0.15, 0.2) is 4.90 Å². The first kappa shape index (κ1) is 16.9. The van der Waals surface area contributed by atoms with Gasteiger partial charge in [-0.05, 0) is 18.6 Å². The molecular formula is C12H15N3O5S. The highest BCUT2D eigenvalue weighted by Crippen LogP contribution is 2.28. The van der Waals surface area contributed by atoms with Gasteiger partial charge in [-0.15, -0.1) is 0 Å². The van der Waals surface area contributed by atoms with Crippen molar-refractivity contribution in [2.75, 3.05) is 7.11 Å². The third-order valence-electron chi connectivity index (χ3n) is 2.68. The molecule has 0 aliphatic carbocycles. The van der Waals surface area contributed by atoms with Crippen molar-refractivity contribution in [1.82, 2.24) is 4.72 Å². The zero-order valence-electron chi connectivity index (χ0n) is 11.6. The molecule has 1 N–H and O–H groups in total. The second-order valence-electron chi connectivity index (χ2n) is 4.18. The van der Waals surface area contributed by atoms with E-state index in [9.17, 15) is 18.5 Å². The van der Waals surface area contributed by atoms with Gasteiger partial charge in [0.2, 0.25) is 10.0 Å². The van der Waals surface area contributed by atoms with Crippen molar-refractivity contribution >= 4 is 15.7 Å². The second-order valence-corrected chi connectivity index (χ2v) is 5.86. The molecule has 8 nitrogen and oxygen atoms in total. The van der Waals surface area contributed by atoms with Crippen molar-refractivity contribution < 1.29 is 18.1 Å². The molecule has 0 saturated heterocycles. The molecule has 0 radical (unpaired) electrons. The number of hydrogen-bond acceptors (Lipinski definition) is 6. The Morgan fingerprint density at radius 1 is 1.52 bits per heavy atom. The third-order valence-corrected chi connectivity index (χ3v) is 4.20. The highest BCUT2D eigenvalue weighted by atomic mass is 32.2. The number of nitrogens with one attached hydrogen (secondary N) is 1. The third kappa shape index (κ3) is 4.14. The van der Waals surface area contributed by atoms with Crippen LogP contribution in [-0.2, 0) is 10.0 Å².